The minimum atomic E-state index is -0.686. The summed E-state index contributed by atoms with van der Waals surface area (Å²) in [5.41, 5.74) is 2.51. The Labute approximate surface area is 167 Å². The van der Waals surface area contributed by atoms with Crippen molar-refractivity contribution in [3.63, 3.8) is 0 Å². The highest BCUT2D eigenvalue weighted by atomic mass is 19.1. The molecular weight excluding hydrogens is 376 g/mol. The molecule has 0 aliphatic carbocycles. The van der Waals surface area contributed by atoms with Gasteiger partial charge in [-0.05, 0) is 56.7 Å². The molecule has 1 aliphatic heterocycles. The van der Waals surface area contributed by atoms with Crippen molar-refractivity contribution in [1.82, 2.24) is 14.8 Å². The number of halogens is 2. The average molecular weight is 399 g/mol. The van der Waals surface area contributed by atoms with Gasteiger partial charge in [0.15, 0.2) is 0 Å². The Bertz CT molecular complexity index is 1020. The van der Waals surface area contributed by atoms with Crippen LogP contribution in [0.1, 0.15) is 19.4 Å². The van der Waals surface area contributed by atoms with Gasteiger partial charge >= 0.3 is 0 Å². The van der Waals surface area contributed by atoms with Crippen LogP contribution < -0.4 is 10.2 Å². The number of anilines is 3. The first-order chi connectivity index (χ1) is 13.7. The molecular formula is C21H23F2N5O. The van der Waals surface area contributed by atoms with Crippen LogP contribution in [-0.4, -0.2) is 38.6 Å². The van der Waals surface area contributed by atoms with Gasteiger partial charge in [-0.25, -0.2) is 13.5 Å². The number of aryl methyl sites for hydroxylation is 1. The Kier molecular flexibility index (Phi) is 4.74. The van der Waals surface area contributed by atoms with Crippen molar-refractivity contribution in [2.45, 2.75) is 26.4 Å². The summed E-state index contributed by atoms with van der Waals surface area (Å²) in [6, 6.07) is 9.25. The number of benzene rings is 2. The summed E-state index contributed by atoms with van der Waals surface area (Å²) in [5.74, 6) is -0.785. The van der Waals surface area contributed by atoms with Gasteiger partial charge in [-0.1, -0.05) is 0 Å². The summed E-state index contributed by atoms with van der Waals surface area (Å²) in [6.07, 6.45) is 1.40. The number of hydrogen-bond donors (Lipinski definition) is 2. The second kappa shape index (κ2) is 7.11. The van der Waals surface area contributed by atoms with Crippen molar-refractivity contribution < 1.29 is 13.9 Å². The molecule has 1 fully saturated rings. The molecule has 0 saturated carbocycles. The second-order valence-electron chi connectivity index (χ2n) is 8.08. The minimum Gasteiger partial charge on any atom is -0.390 e. The predicted octanol–water partition coefficient (Wildman–Crippen LogP) is 3.80. The molecule has 0 unspecified atom stereocenters. The summed E-state index contributed by atoms with van der Waals surface area (Å²) < 4.78 is 28.2. The van der Waals surface area contributed by atoms with Crippen LogP contribution in [0.2, 0.25) is 0 Å². The van der Waals surface area contributed by atoms with Gasteiger partial charge in [0.25, 0.3) is 0 Å². The van der Waals surface area contributed by atoms with Crippen LogP contribution in [0.4, 0.5) is 26.1 Å². The molecule has 2 N–H and O–H groups in total. The van der Waals surface area contributed by atoms with Crippen molar-refractivity contribution >= 4 is 17.3 Å². The number of aromatic nitrogens is 3. The van der Waals surface area contributed by atoms with Gasteiger partial charge in [0, 0.05) is 36.4 Å². The highest BCUT2D eigenvalue weighted by molar-refractivity contribution is 5.64. The highest BCUT2D eigenvalue weighted by Crippen LogP contribution is 2.33. The van der Waals surface area contributed by atoms with Crippen LogP contribution >= 0.6 is 0 Å². The zero-order valence-electron chi connectivity index (χ0n) is 16.5. The molecule has 6 nitrogen and oxygen atoms in total. The summed E-state index contributed by atoms with van der Waals surface area (Å²) in [7, 11) is 0. The molecule has 1 aliphatic rings. The van der Waals surface area contributed by atoms with E-state index in [9.17, 15) is 13.9 Å². The first-order valence-corrected chi connectivity index (χ1v) is 9.41. The van der Waals surface area contributed by atoms with Crippen LogP contribution in [0.25, 0.3) is 5.69 Å². The van der Waals surface area contributed by atoms with Gasteiger partial charge in [-0.2, -0.15) is 4.98 Å². The van der Waals surface area contributed by atoms with E-state index in [4.69, 9.17) is 0 Å². The zero-order chi connectivity index (χ0) is 20.8. The lowest BCUT2D eigenvalue weighted by molar-refractivity contribution is 0.00460. The minimum absolute atomic E-state index is 0.239. The Morgan fingerprint density at radius 2 is 1.72 bits per heavy atom. The Morgan fingerprint density at radius 3 is 2.38 bits per heavy atom. The fraction of sp³-hybridized carbons (Fsp3) is 0.333. The molecule has 0 bridgehead atoms. The van der Waals surface area contributed by atoms with Crippen molar-refractivity contribution in [1.29, 1.82) is 0 Å². The van der Waals surface area contributed by atoms with E-state index in [1.807, 2.05) is 32.9 Å². The van der Waals surface area contributed by atoms with E-state index >= 15 is 0 Å². The van der Waals surface area contributed by atoms with Crippen LogP contribution in [0.15, 0.2) is 42.7 Å². The molecule has 0 amide bonds. The molecule has 152 valence electrons. The molecule has 4 rings (SSSR count). The first kappa shape index (κ1) is 19.3. The standard InChI is InChI=1S/C21H23F2N5O/c1-13-4-17(9-18(5-13)27-10-14(11-27)21(2,3)29)25-20-24-12-28(26-20)19-7-15(22)6-16(23)8-19/h4-9,12,14,29H,10-11H2,1-3H3,(H,25,26). The molecule has 2 aromatic carbocycles. The fourth-order valence-electron chi connectivity index (χ4n) is 3.40. The van der Waals surface area contributed by atoms with Gasteiger partial charge in [0.05, 0.1) is 11.3 Å². The van der Waals surface area contributed by atoms with E-state index in [0.29, 0.717) is 5.95 Å². The molecule has 3 aromatic rings. The molecule has 2 heterocycles. The van der Waals surface area contributed by atoms with Crippen molar-refractivity contribution in [2.24, 2.45) is 5.92 Å². The Morgan fingerprint density at radius 1 is 1.03 bits per heavy atom. The van der Waals surface area contributed by atoms with Crippen molar-refractivity contribution in [3.8, 4) is 5.69 Å². The van der Waals surface area contributed by atoms with E-state index in [-0.39, 0.29) is 11.6 Å². The average Bonchev–Trinajstić information content (AvgIpc) is 2.99. The van der Waals surface area contributed by atoms with Crippen LogP contribution in [0.3, 0.4) is 0 Å². The molecule has 0 atom stereocenters. The highest BCUT2D eigenvalue weighted by Gasteiger charge is 2.37. The zero-order valence-corrected chi connectivity index (χ0v) is 16.5. The van der Waals surface area contributed by atoms with E-state index in [2.05, 4.69) is 26.4 Å². The summed E-state index contributed by atoms with van der Waals surface area (Å²) >= 11 is 0. The molecule has 8 heteroatoms. The largest absolute Gasteiger partial charge is 0.390 e. The lowest BCUT2D eigenvalue weighted by atomic mass is 9.84. The maximum absolute atomic E-state index is 13.4. The number of rotatable bonds is 5. The monoisotopic (exact) mass is 399 g/mol. The number of nitrogens with one attached hydrogen (secondary N) is 1. The number of hydrogen-bond acceptors (Lipinski definition) is 5. The Hall–Kier alpha value is -3.00. The van der Waals surface area contributed by atoms with Crippen LogP contribution in [-0.2, 0) is 0 Å². The summed E-state index contributed by atoms with van der Waals surface area (Å²) in [4.78, 5) is 6.39. The molecule has 1 saturated heterocycles. The lowest BCUT2D eigenvalue weighted by Gasteiger charge is -2.46. The molecule has 1 aromatic heterocycles. The maximum atomic E-state index is 13.4. The third kappa shape index (κ3) is 4.22. The summed E-state index contributed by atoms with van der Waals surface area (Å²) in [5, 5.41) is 17.5. The normalized spacial score (nSPS) is 14.8. The quantitative estimate of drug-likeness (QED) is 0.683. The smallest absolute Gasteiger partial charge is 0.246 e. The van der Waals surface area contributed by atoms with Crippen LogP contribution in [0.5, 0.6) is 0 Å². The van der Waals surface area contributed by atoms with Gasteiger partial charge < -0.3 is 15.3 Å². The maximum Gasteiger partial charge on any atom is 0.246 e. The van der Waals surface area contributed by atoms with Crippen molar-refractivity contribution in [2.75, 3.05) is 23.3 Å². The van der Waals surface area contributed by atoms with Crippen LogP contribution in [0, 0.1) is 24.5 Å². The van der Waals surface area contributed by atoms with Gasteiger partial charge in [-0.15, -0.1) is 5.10 Å². The van der Waals surface area contributed by atoms with Gasteiger partial charge in [-0.3, -0.25) is 0 Å². The second-order valence-corrected chi connectivity index (χ2v) is 8.08. The van der Waals surface area contributed by atoms with E-state index in [1.165, 1.54) is 23.1 Å². The predicted molar refractivity (Wildman–Crippen MR) is 108 cm³/mol. The number of aliphatic hydroxyl groups is 1. The van der Waals surface area contributed by atoms with Gasteiger partial charge in [0.2, 0.25) is 5.95 Å². The third-order valence-corrected chi connectivity index (χ3v) is 5.17. The molecule has 29 heavy (non-hydrogen) atoms. The first-order valence-electron chi connectivity index (χ1n) is 9.41. The summed E-state index contributed by atoms with van der Waals surface area (Å²) in [6.45, 7) is 7.27. The van der Waals surface area contributed by atoms with E-state index < -0.39 is 17.2 Å². The Balaban J connectivity index is 1.50. The fourth-order valence-corrected chi connectivity index (χ4v) is 3.40. The molecule has 0 radical (unpaired) electrons. The van der Waals surface area contributed by atoms with E-state index in [0.717, 1.165) is 36.1 Å². The SMILES string of the molecule is Cc1cc(Nc2ncn(-c3cc(F)cc(F)c3)n2)cc(N2CC(C(C)(C)O)C2)c1. The van der Waals surface area contributed by atoms with Crippen molar-refractivity contribution in [3.05, 3.63) is 59.9 Å². The third-order valence-electron chi connectivity index (χ3n) is 5.17. The number of nitrogens with zero attached hydrogens (tertiary/aromatic N) is 4. The van der Waals surface area contributed by atoms with Gasteiger partial charge in [0.1, 0.15) is 18.0 Å². The van der Waals surface area contributed by atoms with E-state index in [1.54, 1.807) is 0 Å². The lowest BCUT2D eigenvalue weighted by Crippen LogP contribution is -2.55. The molecule has 0 spiro atoms. The topological polar surface area (TPSA) is 66.2 Å².